The Balaban J connectivity index is 1.57. The van der Waals surface area contributed by atoms with Gasteiger partial charge < -0.3 is 14.6 Å². The minimum Gasteiger partial charge on any atom is -0.507 e. The third kappa shape index (κ3) is 5.76. The topological polar surface area (TPSA) is 76.1 Å². The minimum absolute atomic E-state index is 0.00933. The molecule has 0 bridgehead atoms. The van der Waals surface area contributed by atoms with Crippen molar-refractivity contribution in [3.63, 3.8) is 0 Å². The van der Waals surface area contributed by atoms with Crippen LogP contribution in [-0.4, -0.2) is 23.4 Å². The van der Waals surface area contributed by atoms with Crippen LogP contribution in [0.15, 0.2) is 115 Å². The van der Waals surface area contributed by atoms with Gasteiger partial charge in [-0.2, -0.15) is 0 Å². The minimum atomic E-state index is -0.858. The Labute approximate surface area is 234 Å². The van der Waals surface area contributed by atoms with Gasteiger partial charge in [-0.25, -0.2) is 0 Å². The average Bonchev–Trinajstić information content (AvgIpc) is 3.25. The maximum absolute atomic E-state index is 13.5. The maximum atomic E-state index is 13.5. The van der Waals surface area contributed by atoms with Crippen molar-refractivity contribution in [3.8, 4) is 11.5 Å². The fraction of sp³-hybridized carbons (Fsp3) is 0.176. The molecular weight excluding hydrogens is 502 g/mol. The van der Waals surface area contributed by atoms with Gasteiger partial charge in [-0.15, -0.1) is 0 Å². The molecule has 1 aliphatic rings. The van der Waals surface area contributed by atoms with Crippen LogP contribution in [0.3, 0.4) is 0 Å². The van der Waals surface area contributed by atoms with Crippen LogP contribution in [0.25, 0.3) is 5.76 Å². The highest BCUT2D eigenvalue weighted by Crippen LogP contribution is 2.43. The second-order valence-corrected chi connectivity index (χ2v) is 10.1. The van der Waals surface area contributed by atoms with E-state index >= 15 is 0 Å². The van der Waals surface area contributed by atoms with E-state index in [2.05, 4.69) is 0 Å². The monoisotopic (exact) mass is 533 g/mol. The number of hydrogen-bond donors (Lipinski definition) is 1. The molecule has 0 aliphatic carbocycles. The van der Waals surface area contributed by atoms with Gasteiger partial charge in [-0.3, -0.25) is 14.5 Å². The van der Waals surface area contributed by atoms with E-state index in [0.29, 0.717) is 47.4 Å². The smallest absolute Gasteiger partial charge is 0.300 e. The predicted octanol–water partition coefficient (Wildman–Crippen LogP) is 6.93. The van der Waals surface area contributed by atoms with Crippen molar-refractivity contribution in [2.24, 2.45) is 5.92 Å². The highest BCUT2D eigenvalue weighted by Gasteiger charge is 2.47. The Morgan fingerprint density at radius 1 is 0.800 bits per heavy atom. The zero-order chi connectivity index (χ0) is 28.1. The molecule has 0 aromatic heterocycles. The molecule has 1 N–H and O–H groups in total. The van der Waals surface area contributed by atoms with Crippen molar-refractivity contribution in [1.29, 1.82) is 0 Å². The van der Waals surface area contributed by atoms with Gasteiger partial charge in [0.05, 0.1) is 18.2 Å². The normalized spacial score (nSPS) is 16.4. The van der Waals surface area contributed by atoms with Crippen LogP contribution < -0.4 is 14.4 Å². The zero-order valence-corrected chi connectivity index (χ0v) is 22.5. The van der Waals surface area contributed by atoms with Crippen molar-refractivity contribution < 1.29 is 24.2 Å². The fourth-order valence-electron chi connectivity index (χ4n) is 4.67. The number of benzene rings is 4. The Morgan fingerprint density at radius 2 is 1.45 bits per heavy atom. The second-order valence-electron chi connectivity index (χ2n) is 10.1. The summed E-state index contributed by atoms with van der Waals surface area (Å²) in [6.45, 7) is 4.98. The Bertz CT molecular complexity index is 1530. The summed E-state index contributed by atoms with van der Waals surface area (Å²) in [5, 5.41) is 11.5. The van der Waals surface area contributed by atoms with Crippen LogP contribution in [0.1, 0.15) is 36.6 Å². The maximum Gasteiger partial charge on any atom is 0.300 e. The van der Waals surface area contributed by atoms with Crippen LogP contribution in [0, 0.1) is 5.92 Å². The lowest BCUT2D eigenvalue weighted by atomic mass is 9.95. The lowest BCUT2D eigenvalue weighted by Gasteiger charge is -2.25. The number of para-hydroxylation sites is 1. The molecule has 40 heavy (non-hydrogen) atoms. The summed E-state index contributed by atoms with van der Waals surface area (Å²) >= 11 is 0. The molecule has 1 aliphatic heterocycles. The summed E-state index contributed by atoms with van der Waals surface area (Å²) in [7, 11) is 0. The average molecular weight is 534 g/mol. The number of rotatable bonds is 9. The van der Waals surface area contributed by atoms with E-state index in [4.69, 9.17) is 9.47 Å². The molecule has 4 aromatic carbocycles. The van der Waals surface area contributed by atoms with Crippen molar-refractivity contribution in [2.75, 3.05) is 11.5 Å². The number of Topliss-reactive ketones (excluding diaryl/α,β-unsaturated/α-hetero) is 1. The first-order valence-corrected chi connectivity index (χ1v) is 13.3. The molecule has 202 valence electrons. The molecule has 0 saturated carbocycles. The van der Waals surface area contributed by atoms with Gasteiger partial charge in [0.25, 0.3) is 11.7 Å². The van der Waals surface area contributed by atoms with Gasteiger partial charge in [-0.05, 0) is 53.4 Å². The predicted molar refractivity (Wildman–Crippen MR) is 155 cm³/mol. The number of amides is 1. The SMILES string of the molecule is CC(C)COc1cccc(/C(O)=C2/C(=O)C(=O)N(c3ccccc3)C2c2cccc(OCc3ccccc3)c2)c1. The molecule has 1 amide bonds. The van der Waals surface area contributed by atoms with Gasteiger partial charge in [0.15, 0.2) is 0 Å². The third-order valence-corrected chi connectivity index (χ3v) is 6.59. The summed E-state index contributed by atoms with van der Waals surface area (Å²) in [4.78, 5) is 28.4. The van der Waals surface area contributed by atoms with Crippen molar-refractivity contribution in [3.05, 3.63) is 131 Å². The van der Waals surface area contributed by atoms with E-state index < -0.39 is 17.7 Å². The third-order valence-electron chi connectivity index (χ3n) is 6.59. The summed E-state index contributed by atoms with van der Waals surface area (Å²) in [5.41, 5.74) is 2.62. The Morgan fingerprint density at radius 3 is 2.15 bits per heavy atom. The fourth-order valence-corrected chi connectivity index (χ4v) is 4.67. The first-order chi connectivity index (χ1) is 19.4. The second kappa shape index (κ2) is 11.9. The van der Waals surface area contributed by atoms with Crippen molar-refractivity contribution in [2.45, 2.75) is 26.5 Å². The van der Waals surface area contributed by atoms with Crippen LogP contribution in [-0.2, 0) is 16.2 Å². The molecule has 0 radical (unpaired) electrons. The van der Waals surface area contributed by atoms with Crippen molar-refractivity contribution in [1.82, 2.24) is 0 Å². The van der Waals surface area contributed by atoms with E-state index in [1.54, 1.807) is 48.5 Å². The molecule has 1 atom stereocenters. The number of hydrogen-bond acceptors (Lipinski definition) is 5. The van der Waals surface area contributed by atoms with Gasteiger partial charge in [0, 0.05) is 11.3 Å². The van der Waals surface area contributed by atoms with Crippen molar-refractivity contribution >= 4 is 23.1 Å². The van der Waals surface area contributed by atoms with Gasteiger partial charge in [0.2, 0.25) is 0 Å². The van der Waals surface area contributed by atoms with Crippen LogP contribution >= 0.6 is 0 Å². The highest BCUT2D eigenvalue weighted by atomic mass is 16.5. The molecule has 6 heteroatoms. The lowest BCUT2D eigenvalue weighted by molar-refractivity contribution is -0.132. The quantitative estimate of drug-likeness (QED) is 0.143. The standard InChI is InChI=1S/C34H31NO5/c1-23(2)21-39-29-18-10-14-26(20-29)32(36)30-31(35(34(38)33(30)37)27-15-7-4-8-16-27)25-13-9-17-28(19-25)40-22-24-11-5-3-6-12-24/h3-20,23,31,36H,21-22H2,1-2H3/b32-30-. The number of aliphatic hydroxyl groups excluding tert-OH is 1. The summed E-state index contributed by atoms with van der Waals surface area (Å²) in [5.74, 6) is -0.236. The van der Waals surface area contributed by atoms with Gasteiger partial charge in [0.1, 0.15) is 23.9 Å². The molecule has 4 aromatic rings. The zero-order valence-electron chi connectivity index (χ0n) is 22.5. The van der Waals surface area contributed by atoms with Crippen LogP contribution in [0.2, 0.25) is 0 Å². The van der Waals surface area contributed by atoms with Gasteiger partial charge in [-0.1, -0.05) is 86.6 Å². The molecule has 1 heterocycles. The summed E-state index contributed by atoms with van der Waals surface area (Å²) < 4.78 is 11.9. The van der Waals surface area contributed by atoms with E-state index in [1.807, 2.05) is 74.5 Å². The van der Waals surface area contributed by atoms with Crippen LogP contribution in [0.4, 0.5) is 5.69 Å². The highest BCUT2D eigenvalue weighted by molar-refractivity contribution is 6.51. The van der Waals surface area contributed by atoms with E-state index in [0.717, 1.165) is 5.56 Å². The summed E-state index contributed by atoms with van der Waals surface area (Å²) in [6, 6.07) is 32.2. The van der Waals surface area contributed by atoms with Crippen LogP contribution in [0.5, 0.6) is 11.5 Å². The molecule has 6 nitrogen and oxygen atoms in total. The summed E-state index contributed by atoms with van der Waals surface area (Å²) in [6.07, 6.45) is 0. The number of ketones is 1. The largest absolute Gasteiger partial charge is 0.507 e. The Hall–Kier alpha value is -4.84. The molecule has 1 saturated heterocycles. The van der Waals surface area contributed by atoms with E-state index in [-0.39, 0.29) is 11.3 Å². The lowest BCUT2D eigenvalue weighted by Crippen LogP contribution is -2.29. The molecule has 1 unspecified atom stereocenters. The molecule has 5 rings (SSSR count). The number of anilines is 1. The number of carbonyl (C=O) groups excluding carboxylic acids is 2. The van der Waals surface area contributed by atoms with E-state index in [9.17, 15) is 14.7 Å². The first-order valence-electron chi connectivity index (χ1n) is 13.3. The molecule has 0 spiro atoms. The van der Waals surface area contributed by atoms with Gasteiger partial charge >= 0.3 is 0 Å². The Kier molecular flexibility index (Phi) is 7.97. The number of aliphatic hydroxyl groups is 1. The molecule has 1 fully saturated rings. The molecular formula is C34H31NO5. The first kappa shape index (κ1) is 26.8. The number of ether oxygens (including phenoxy) is 2. The number of carbonyl (C=O) groups is 2. The van der Waals surface area contributed by atoms with E-state index in [1.165, 1.54) is 4.90 Å². The number of nitrogens with zero attached hydrogens (tertiary/aromatic N) is 1.